The highest BCUT2D eigenvalue weighted by Crippen LogP contribution is 2.48. The summed E-state index contributed by atoms with van der Waals surface area (Å²) in [6.45, 7) is 2.05. The van der Waals surface area contributed by atoms with E-state index in [1.807, 2.05) is 6.92 Å². The molecule has 98 valence electrons. The van der Waals surface area contributed by atoms with Crippen molar-refractivity contribution in [2.75, 3.05) is 28.2 Å². The first kappa shape index (κ1) is 12.9. The lowest BCUT2D eigenvalue weighted by molar-refractivity contribution is -0.127. The minimum Gasteiger partial charge on any atom is -0.345 e. The highest BCUT2D eigenvalue weighted by molar-refractivity contribution is 6.07. The third-order valence-electron chi connectivity index (χ3n) is 3.79. The maximum atomic E-state index is 12.3. The summed E-state index contributed by atoms with van der Waals surface area (Å²) in [5, 5.41) is 0. The van der Waals surface area contributed by atoms with Crippen molar-refractivity contribution in [2.45, 2.75) is 13.3 Å². The van der Waals surface area contributed by atoms with Crippen LogP contribution in [0.2, 0.25) is 0 Å². The molecule has 2 atom stereocenters. The fourth-order valence-corrected chi connectivity index (χ4v) is 2.90. The van der Waals surface area contributed by atoms with Crippen LogP contribution in [0.5, 0.6) is 0 Å². The van der Waals surface area contributed by atoms with Crippen molar-refractivity contribution in [1.82, 2.24) is 9.80 Å². The Hall–Kier alpha value is -1.58. The lowest BCUT2D eigenvalue weighted by Gasteiger charge is -2.22. The second-order valence-electron chi connectivity index (χ2n) is 5.53. The van der Waals surface area contributed by atoms with Crippen LogP contribution in [0.25, 0.3) is 0 Å². The molecule has 2 aliphatic rings. The van der Waals surface area contributed by atoms with Crippen LogP contribution >= 0.6 is 0 Å². The second kappa shape index (κ2) is 4.26. The average Bonchev–Trinajstić information content (AvgIpc) is 2.82. The molecule has 2 amide bonds. The van der Waals surface area contributed by atoms with E-state index >= 15 is 0 Å². The van der Waals surface area contributed by atoms with E-state index in [0.29, 0.717) is 11.1 Å². The number of fused-ring (bicyclic) bond motifs is 2. The van der Waals surface area contributed by atoms with Crippen LogP contribution in [0.4, 0.5) is 0 Å². The highest BCUT2D eigenvalue weighted by atomic mass is 16.2. The number of hydrogen-bond acceptors (Lipinski definition) is 2. The number of hydrogen-bond donors (Lipinski definition) is 0. The molecular weight excluding hydrogens is 228 g/mol. The third-order valence-corrected chi connectivity index (χ3v) is 3.79. The Bertz CT molecular complexity index is 472. The fraction of sp³-hybridized carbons (Fsp3) is 0.571. The van der Waals surface area contributed by atoms with Crippen molar-refractivity contribution in [3.63, 3.8) is 0 Å². The molecular formula is C14H20N2O2. The zero-order chi connectivity index (χ0) is 13.6. The van der Waals surface area contributed by atoms with Crippen LogP contribution in [0, 0.1) is 11.8 Å². The van der Waals surface area contributed by atoms with Gasteiger partial charge in [0.2, 0.25) is 11.8 Å². The van der Waals surface area contributed by atoms with Crippen molar-refractivity contribution in [2.24, 2.45) is 11.8 Å². The number of rotatable bonds is 2. The lowest BCUT2D eigenvalue weighted by atomic mass is 9.90. The number of likely N-dealkylation sites (N-methyl/N-ethyl adjacent to an activating group) is 2. The highest BCUT2D eigenvalue weighted by Gasteiger charge is 2.44. The smallest absolute Gasteiger partial charge is 0.250 e. The maximum Gasteiger partial charge on any atom is 0.250 e. The normalized spacial score (nSPS) is 25.3. The quantitative estimate of drug-likeness (QED) is 0.685. The maximum absolute atomic E-state index is 12.3. The standard InChI is InChI=1S/C14H20N2O2/c1-8-6-9-7-10(8)12(14(18)16(4)5)11(9)13(17)15(2)3/h6,9-10H,7H2,1-5H3. The first-order chi connectivity index (χ1) is 8.34. The molecule has 0 saturated carbocycles. The second-order valence-corrected chi connectivity index (χ2v) is 5.53. The SMILES string of the molecule is CC1=CC2CC1C(C(=O)N(C)C)=C2C(=O)N(C)C. The summed E-state index contributed by atoms with van der Waals surface area (Å²) in [7, 11) is 6.93. The Kier molecular flexibility index (Phi) is 3.05. The molecule has 0 spiro atoms. The molecule has 0 aromatic carbocycles. The fourth-order valence-electron chi connectivity index (χ4n) is 2.90. The summed E-state index contributed by atoms with van der Waals surface area (Å²) in [4.78, 5) is 27.7. The van der Waals surface area contributed by atoms with Gasteiger partial charge < -0.3 is 9.80 Å². The lowest BCUT2D eigenvalue weighted by Crippen LogP contribution is -2.32. The van der Waals surface area contributed by atoms with Gasteiger partial charge in [-0.15, -0.1) is 0 Å². The minimum atomic E-state index is -0.0311. The molecule has 0 radical (unpaired) electrons. The van der Waals surface area contributed by atoms with Crippen molar-refractivity contribution in [3.8, 4) is 0 Å². The van der Waals surface area contributed by atoms with E-state index in [4.69, 9.17) is 0 Å². The molecule has 0 N–H and O–H groups in total. The van der Waals surface area contributed by atoms with E-state index in [9.17, 15) is 9.59 Å². The van der Waals surface area contributed by atoms with Gasteiger partial charge in [-0.1, -0.05) is 11.6 Å². The molecule has 18 heavy (non-hydrogen) atoms. The summed E-state index contributed by atoms with van der Waals surface area (Å²) in [6, 6.07) is 0. The third kappa shape index (κ3) is 1.76. The molecule has 0 heterocycles. The summed E-state index contributed by atoms with van der Waals surface area (Å²) in [5.74, 6) is 0.212. The molecule has 0 aromatic heterocycles. The zero-order valence-corrected chi connectivity index (χ0v) is 11.7. The number of amides is 2. The zero-order valence-electron chi connectivity index (χ0n) is 11.7. The van der Waals surface area contributed by atoms with Crippen molar-refractivity contribution < 1.29 is 9.59 Å². The van der Waals surface area contributed by atoms with Gasteiger partial charge in [-0.25, -0.2) is 0 Å². The molecule has 0 aromatic rings. The van der Waals surface area contributed by atoms with Crippen LogP contribution in [0.1, 0.15) is 13.3 Å². The Balaban J connectivity index is 2.46. The van der Waals surface area contributed by atoms with E-state index in [-0.39, 0.29) is 23.7 Å². The minimum absolute atomic E-state index is 0.0276. The van der Waals surface area contributed by atoms with Crippen molar-refractivity contribution in [1.29, 1.82) is 0 Å². The summed E-state index contributed by atoms with van der Waals surface area (Å²) < 4.78 is 0. The molecule has 4 heteroatoms. The van der Waals surface area contributed by atoms with Crippen LogP contribution in [-0.2, 0) is 9.59 Å². The molecule has 0 saturated heterocycles. The van der Waals surface area contributed by atoms with Gasteiger partial charge in [0.25, 0.3) is 0 Å². The summed E-state index contributed by atoms with van der Waals surface area (Å²) in [6.07, 6.45) is 3.02. The molecule has 2 rings (SSSR count). The first-order valence-corrected chi connectivity index (χ1v) is 6.20. The largest absolute Gasteiger partial charge is 0.345 e. The van der Waals surface area contributed by atoms with E-state index in [0.717, 1.165) is 6.42 Å². The molecule has 2 unspecified atom stereocenters. The van der Waals surface area contributed by atoms with Gasteiger partial charge in [-0.2, -0.15) is 0 Å². The molecule has 2 bridgehead atoms. The van der Waals surface area contributed by atoms with Gasteiger partial charge in [-0.05, 0) is 13.3 Å². The topological polar surface area (TPSA) is 40.6 Å². The first-order valence-electron chi connectivity index (χ1n) is 6.20. The van der Waals surface area contributed by atoms with Crippen LogP contribution < -0.4 is 0 Å². The monoisotopic (exact) mass is 248 g/mol. The Morgan fingerprint density at radius 3 is 2.06 bits per heavy atom. The van der Waals surface area contributed by atoms with Crippen LogP contribution in [0.3, 0.4) is 0 Å². The van der Waals surface area contributed by atoms with Crippen LogP contribution in [0.15, 0.2) is 22.8 Å². The number of carbonyl (C=O) groups is 2. The predicted molar refractivity (Wildman–Crippen MR) is 69.8 cm³/mol. The van der Waals surface area contributed by atoms with E-state index in [1.54, 1.807) is 38.0 Å². The van der Waals surface area contributed by atoms with E-state index in [2.05, 4.69) is 6.08 Å². The van der Waals surface area contributed by atoms with Gasteiger partial charge in [-0.3, -0.25) is 9.59 Å². The summed E-state index contributed by atoms with van der Waals surface area (Å²) >= 11 is 0. The molecule has 2 aliphatic carbocycles. The molecule has 4 nitrogen and oxygen atoms in total. The van der Waals surface area contributed by atoms with Crippen molar-refractivity contribution in [3.05, 3.63) is 22.8 Å². The van der Waals surface area contributed by atoms with Crippen LogP contribution in [-0.4, -0.2) is 49.8 Å². The number of nitrogens with zero attached hydrogens (tertiary/aromatic N) is 2. The Labute approximate surface area is 108 Å². The average molecular weight is 248 g/mol. The van der Waals surface area contributed by atoms with Gasteiger partial charge in [0, 0.05) is 51.2 Å². The van der Waals surface area contributed by atoms with Gasteiger partial charge >= 0.3 is 0 Å². The van der Waals surface area contributed by atoms with E-state index < -0.39 is 0 Å². The molecule has 0 aliphatic heterocycles. The van der Waals surface area contributed by atoms with Gasteiger partial charge in [0.05, 0.1) is 0 Å². The van der Waals surface area contributed by atoms with Crippen molar-refractivity contribution >= 4 is 11.8 Å². The van der Waals surface area contributed by atoms with E-state index in [1.165, 1.54) is 5.57 Å². The number of allylic oxidation sites excluding steroid dienone is 2. The van der Waals surface area contributed by atoms with Gasteiger partial charge in [0.1, 0.15) is 0 Å². The summed E-state index contributed by atoms with van der Waals surface area (Å²) in [5.41, 5.74) is 2.64. The predicted octanol–water partition coefficient (Wildman–Crippen LogP) is 1.06. The Morgan fingerprint density at radius 2 is 1.56 bits per heavy atom. The molecule has 0 fully saturated rings. The number of carbonyl (C=O) groups excluding carboxylic acids is 2. The Morgan fingerprint density at radius 1 is 1.06 bits per heavy atom. The van der Waals surface area contributed by atoms with Gasteiger partial charge in [0.15, 0.2) is 0 Å².